The SMILES string of the molecule is CCCCCC/C=C\CCCCCCCCCC(=O)N/C(=C(\O)C(O)CCO)C(O)OC(CCO)/C(O)=C(/NC(C)=O)C(O)OC(CCO)/C(O)=C(/NC(C)=O)C(O)OC(CCO)/C(O)=C(/NC(C)=O)C(O)OC(CCO)/C(O)=C(\NC(C)=O)C(O)O. The van der Waals surface area contributed by atoms with Crippen molar-refractivity contribution in [3.8, 4) is 0 Å². The summed E-state index contributed by atoms with van der Waals surface area (Å²) in [6.45, 7) is 1.46. The highest BCUT2D eigenvalue weighted by Crippen LogP contribution is 2.27. The molecule has 0 fully saturated rings. The Morgan fingerprint density at radius 3 is 0.943 bits per heavy atom. The van der Waals surface area contributed by atoms with Gasteiger partial charge in [-0.1, -0.05) is 70.4 Å². The molecule has 0 heterocycles. The van der Waals surface area contributed by atoms with Gasteiger partial charge in [-0.3, -0.25) is 24.0 Å². The second-order valence-electron chi connectivity index (χ2n) is 20.0. The van der Waals surface area contributed by atoms with E-state index in [2.05, 4.69) is 29.7 Å². The molecule has 87 heavy (non-hydrogen) atoms. The quantitative estimate of drug-likeness (QED) is 0.0164. The van der Waals surface area contributed by atoms with Crippen molar-refractivity contribution in [2.24, 2.45) is 0 Å². The highest BCUT2D eigenvalue weighted by molar-refractivity contribution is 5.78. The number of unbranched alkanes of at least 4 members (excludes halogenated alkanes) is 11. The highest BCUT2D eigenvalue weighted by Gasteiger charge is 2.36. The second-order valence-corrected chi connectivity index (χ2v) is 20.0. The Balaban J connectivity index is 7.09. The number of nitrogens with one attached hydrogen (secondary N) is 5. The summed E-state index contributed by atoms with van der Waals surface area (Å²) in [5, 5.41) is 191. The number of allylic oxidation sites excluding steroid dienone is 2. The van der Waals surface area contributed by atoms with Gasteiger partial charge in [0.25, 0.3) is 0 Å². The zero-order valence-electron chi connectivity index (χ0n) is 50.2. The average Bonchev–Trinajstić information content (AvgIpc) is 3.64. The average molecular weight is 1260 g/mol. The molecule has 0 aliphatic heterocycles. The predicted molar refractivity (Wildman–Crippen MR) is 307 cm³/mol. The number of carbonyl (C=O) groups excluding carboxylic acids is 5. The Morgan fingerprint density at radius 1 is 0.368 bits per heavy atom. The summed E-state index contributed by atoms with van der Waals surface area (Å²) in [5.74, 6) is -10.9. The van der Waals surface area contributed by atoms with Gasteiger partial charge in [0.15, 0.2) is 6.29 Å². The molecular weight excluding hydrogens is 1160 g/mol. The molecule has 31 nitrogen and oxygen atoms in total. The van der Waals surface area contributed by atoms with Crippen LogP contribution >= 0.6 is 0 Å². The second kappa shape index (κ2) is 46.3. The number of carbonyl (C=O) groups is 5. The van der Waals surface area contributed by atoms with Crippen LogP contribution in [-0.4, -0.2) is 211 Å². The van der Waals surface area contributed by atoms with Gasteiger partial charge in [0, 0.05) is 99.3 Å². The molecular formula is C56H97N5O26. The van der Waals surface area contributed by atoms with Crippen LogP contribution in [0.5, 0.6) is 0 Å². The van der Waals surface area contributed by atoms with Crippen LogP contribution < -0.4 is 26.6 Å². The summed E-state index contributed by atoms with van der Waals surface area (Å²) in [5.41, 5.74) is -4.99. The Hall–Kier alpha value is -5.85. The molecule has 0 aromatic rings. The third-order valence-corrected chi connectivity index (χ3v) is 12.5. The molecule has 0 aromatic heterocycles. The normalized spacial score (nSPS) is 16.6. The maximum absolute atomic E-state index is 13.2. The largest absolute Gasteiger partial charge is 0.508 e. The monoisotopic (exact) mass is 1260 g/mol. The van der Waals surface area contributed by atoms with Gasteiger partial charge in [0.05, 0.1) is 0 Å². The topological polar surface area (TPSA) is 526 Å². The van der Waals surface area contributed by atoms with E-state index in [1.807, 2.05) is 16.0 Å². The van der Waals surface area contributed by atoms with E-state index in [0.717, 1.165) is 72.6 Å². The molecule has 0 aromatic carbocycles. The molecule has 0 rings (SSSR count). The van der Waals surface area contributed by atoms with Gasteiger partial charge >= 0.3 is 0 Å². The van der Waals surface area contributed by atoms with Crippen LogP contribution in [0.15, 0.2) is 69.4 Å². The highest BCUT2D eigenvalue weighted by atomic mass is 16.6. The molecule has 5 amide bonds. The van der Waals surface area contributed by atoms with Crippen LogP contribution in [-0.2, 0) is 42.9 Å². The fourth-order valence-electron chi connectivity index (χ4n) is 8.17. The lowest BCUT2D eigenvalue weighted by Crippen LogP contribution is -2.41. The Labute approximate surface area is 505 Å². The van der Waals surface area contributed by atoms with Crippen LogP contribution in [0.25, 0.3) is 0 Å². The molecule has 502 valence electrons. The Kier molecular flexibility index (Phi) is 43.2. The van der Waals surface area contributed by atoms with E-state index in [0.29, 0.717) is 12.8 Å². The number of aliphatic hydroxyl groups excluding tert-OH is 16. The summed E-state index contributed by atoms with van der Waals surface area (Å²) in [6.07, 6.45) is -9.30. The molecule has 9 unspecified atom stereocenters. The van der Waals surface area contributed by atoms with Crippen molar-refractivity contribution in [3.05, 3.63) is 69.4 Å². The molecule has 0 saturated carbocycles. The summed E-state index contributed by atoms with van der Waals surface area (Å²) < 4.78 is 21.9. The molecule has 0 radical (unpaired) electrons. The molecule has 0 aliphatic rings. The van der Waals surface area contributed by atoms with Gasteiger partial charge < -0.3 is 132 Å². The number of aliphatic hydroxyl groups is 17. The third-order valence-electron chi connectivity index (χ3n) is 12.5. The minimum atomic E-state index is -2.69. The zero-order chi connectivity index (χ0) is 66.2. The molecule has 0 bridgehead atoms. The van der Waals surface area contributed by atoms with Crippen molar-refractivity contribution >= 4 is 29.5 Å². The molecule has 0 spiro atoms. The molecule has 0 saturated heterocycles. The van der Waals surface area contributed by atoms with Crippen molar-refractivity contribution in [2.75, 3.05) is 33.0 Å². The summed E-state index contributed by atoms with van der Waals surface area (Å²) >= 11 is 0. The van der Waals surface area contributed by atoms with E-state index in [1.54, 1.807) is 0 Å². The van der Waals surface area contributed by atoms with Crippen LogP contribution in [0.3, 0.4) is 0 Å². The minimum Gasteiger partial charge on any atom is -0.508 e. The van der Waals surface area contributed by atoms with Crippen molar-refractivity contribution < 1.29 is 130 Å². The third kappa shape index (κ3) is 32.8. The summed E-state index contributed by atoms with van der Waals surface area (Å²) in [7, 11) is 0. The van der Waals surface area contributed by atoms with Crippen LogP contribution in [0.1, 0.15) is 157 Å². The van der Waals surface area contributed by atoms with Crippen molar-refractivity contribution in [1.82, 2.24) is 26.6 Å². The van der Waals surface area contributed by atoms with Crippen LogP contribution in [0, 0.1) is 0 Å². The van der Waals surface area contributed by atoms with E-state index < -0.39 is 214 Å². The van der Waals surface area contributed by atoms with Gasteiger partial charge in [-0.15, -0.1) is 0 Å². The zero-order valence-corrected chi connectivity index (χ0v) is 50.2. The van der Waals surface area contributed by atoms with Gasteiger partial charge in [0.2, 0.25) is 54.7 Å². The summed E-state index contributed by atoms with van der Waals surface area (Å²) in [6, 6.07) is 0. The van der Waals surface area contributed by atoms with E-state index >= 15 is 0 Å². The number of hydrogen-bond acceptors (Lipinski definition) is 26. The minimum absolute atomic E-state index is 0.127. The van der Waals surface area contributed by atoms with E-state index in [9.17, 15) is 111 Å². The van der Waals surface area contributed by atoms with Gasteiger partial charge in [-0.2, -0.15) is 0 Å². The molecule has 22 N–H and O–H groups in total. The van der Waals surface area contributed by atoms with E-state index in [1.165, 1.54) is 25.7 Å². The fourth-order valence-corrected chi connectivity index (χ4v) is 8.17. The lowest BCUT2D eigenvalue weighted by molar-refractivity contribution is -0.144. The van der Waals surface area contributed by atoms with Crippen LogP contribution in [0.4, 0.5) is 0 Å². The maximum Gasteiger partial charge on any atom is 0.224 e. The lowest BCUT2D eigenvalue weighted by atomic mass is 10.1. The van der Waals surface area contributed by atoms with E-state index in [4.69, 9.17) is 18.9 Å². The fraction of sp³-hybridized carbons (Fsp3) is 0.696. The first-order valence-corrected chi connectivity index (χ1v) is 28.8. The molecule has 31 heteroatoms. The predicted octanol–water partition coefficient (Wildman–Crippen LogP) is -0.0695. The molecule has 0 aliphatic carbocycles. The standard InChI is InChI=1S/C56H97N5O26/c1-6-7-8-9-10-11-12-13-14-15-16-17-18-19-20-21-41(72)61-43(47(73)36(71)22-27-62)53(80)85-38(24-29-64)49(75)45(59-34(4)69)55(82)87-40(26-31-66)51(77)46(60-35(5)70)56(83)86-39(25-30-65)50(76)44(58-33(3)68)54(81)84-37(23-28-63)48(74)42(52(78)79)57-32(2)67/h11-12,36-40,52-56,62-66,71,73-83H,6-10,13-31H2,1-5H3,(H,57,67)(H,58,68)(H,59,69)(H,60,70)(H,61,72)/b12-11-,47-43-,48-42+,49-45-,50-44-,51-46-. The van der Waals surface area contributed by atoms with E-state index in [-0.39, 0.29) is 6.42 Å². The molecule has 9 atom stereocenters. The van der Waals surface area contributed by atoms with Crippen molar-refractivity contribution in [3.63, 3.8) is 0 Å². The first kappa shape index (κ1) is 81.2. The number of ether oxygens (including phenoxy) is 4. The smallest absolute Gasteiger partial charge is 0.224 e. The van der Waals surface area contributed by atoms with Crippen molar-refractivity contribution in [1.29, 1.82) is 0 Å². The maximum atomic E-state index is 13.2. The Bertz CT molecular complexity index is 2260. The Morgan fingerprint density at radius 2 is 0.644 bits per heavy atom. The van der Waals surface area contributed by atoms with Gasteiger partial charge in [-0.05, 0) is 32.1 Å². The summed E-state index contributed by atoms with van der Waals surface area (Å²) in [4.78, 5) is 62.3. The first-order valence-electron chi connectivity index (χ1n) is 28.8. The van der Waals surface area contributed by atoms with Crippen LogP contribution in [0.2, 0.25) is 0 Å². The lowest BCUT2D eigenvalue weighted by Gasteiger charge is -2.29. The number of hydrogen-bond donors (Lipinski definition) is 22. The van der Waals surface area contributed by atoms with Crippen molar-refractivity contribution in [2.45, 2.75) is 219 Å². The van der Waals surface area contributed by atoms with Gasteiger partial charge in [0.1, 0.15) is 87.8 Å². The number of rotatable bonds is 48. The number of amides is 5. The van der Waals surface area contributed by atoms with Gasteiger partial charge in [-0.25, -0.2) is 0 Å². The first-order chi connectivity index (χ1) is 41.2.